The summed E-state index contributed by atoms with van der Waals surface area (Å²) in [5.74, 6) is 1.54. The van der Waals surface area contributed by atoms with Crippen LogP contribution in [-0.2, 0) is 15.6 Å². The lowest BCUT2D eigenvalue weighted by Gasteiger charge is -2.29. The molecule has 2 rings (SSSR count). The number of benzene rings is 1. The second kappa shape index (κ2) is 9.40. The number of fused-ring (bicyclic) bond motifs is 1. The van der Waals surface area contributed by atoms with Crippen molar-refractivity contribution < 1.29 is 18.5 Å². The van der Waals surface area contributed by atoms with E-state index >= 15 is 0 Å². The molecule has 25 heavy (non-hydrogen) atoms. The lowest BCUT2D eigenvalue weighted by molar-refractivity contribution is -0.130. The highest BCUT2D eigenvalue weighted by Gasteiger charge is 2.22. The van der Waals surface area contributed by atoms with Crippen molar-refractivity contribution in [3.05, 3.63) is 18.2 Å². The van der Waals surface area contributed by atoms with E-state index < -0.39 is 10.8 Å². The summed E-state index contributed by atoms with van der Waals surface area (Å²) < 4.78 is 23.4. The van der Waals surface area contributed by atoms with Crippen LogP contribution in [-0.4, -0.2) is 54.1 Å². The molecule has 0 bridgehead atoms. The van der Waals surface area contributed by atoms with Crippen LogP contribution in [0.5, 0.6) is 11.5 Å². The van der Waals surface area contributed by atoms with Gasteiger partial charge in [0.25, 0.3) is 0 Å². The van der Waals surface area contributed by atoms with Gasteiger partial charge in [0.1, 0.15) is 13.2 Å². The van der Waals surface area contributed by atoms with Gasteiger partial charge in [-0.25, -0.2) is 0 Å². The molecule has 1 aromatic rings. The smallest absolute Gasteiger partial charge is 0.223 e. The summed E-state index contributed by atoms with van der Waals surface area (Å²) in [6.45, 7) is 6.14. The molecule has 1 unspecified atom stereocenters. The van der Waals surface area contributed by atoms with Crippen LogP contribution >= 0.6 is 12.4 Å². The van der Waals surface area contributed by atoms with Gasteiger partial charge in [0, 0.05) is 36.7 Å². The average molecular weight is 391 g/mol. The van der Waals surface area contributed by atoms with E-state index in [1.165, 1.54) is 0 Å². The fourth-order valence-electron chi connectivity index (χ4n) is 2.45. The van der Waals surface area contributed by atoms with Crippen LogP contribution < -0.4 is 15.2 Å². The highest BCUT2D eigenvalue weighted by atomic mass is 35.5. The van der Waals surface area contributed by atoms with E-state index in [2.05, 4.69) is 0 Å². The van der Waals surface area contributed by atoms with Crippen LogP contribution in [0, 0.1) is 5.41 Å². The van der Waals surface area contributed by atoms with Gasteiger partial charge >= 0.3 is 0 Å². The Hall–Kier alpha value is -1.31. The molecule has 1 atom stereocenters. The number of ether oxygens (including phenoxy) is 2. The lowest BCUT2D eigenvalue weighted by Crippen LogP contribution is -2.40. The van der Waals surface area contributed by atoms with E-state index in [4.69, 9.17) is 15.2 Å². The summed E-state index contributed by atoms with van der Waals surface area (Å²) in [5.41, 5.74) is 5.57. The van der Waals surface area contributed by atoms with Gasteiger partial charge in [-0.2, -0.15) is 0 Å². The van der Waals surface area contributed by atoms with Gasteiger partial charge in [-0.15, -0.1) is 12.4 Å². The molecule has 1 heterocycles. The number of halogens is 1. The fourth-order valence-corrected chi connectivity index (χ4v) is 3.50. The van der Waals surface area contributed by atoms with E-state index in [0.29, 0.717) is 42.7 Å². The van der Waals surface area contributed by atoms with Crippen molar-refractivity contribution in [3.8, 4) is 11.5 Å². The summed E-state index contributed by atoms with van der Waals surface area (Å²) in [4.78, 5) is 14.5. The minimum atomic E-state index is -1.25. The van der Waals surface area contributed by atoms with E-state index in [9.17, 15) is 9.00 Å². The predicted molar refractivity (Wildman–Crippen MR) is 101 cm³/mol. The summed E-state index contributed by atoms with van der Waals surface area (Å²) >= 11 is 0. The molecular weight excluding hydrogens is 364 g/mol. The number of carbonyl (C=O) groups is 1. The number of hydrogen-bond donors (Lipinski definition) is 1. The van der Waals surface area contributed by atoms with Gasteiger partial charge in [-0.05, 0) is 24.1 Å². The maximum atomic E-state index is 12.4. The van der Waals surface area contributed by atoms with E-state index in [-0.39, 0.29) is 35.9 Å². The number of rotatable bonds is 7. The monoisotopic (exact) mass is 390 g/mol. The Bertz CT molecular complexity index is 625. The Morgan fingerprint density at radius 2 is 1.92 bits per heavy atom. The molecule has 0 saturated carbocycles. The van der Waals surface area contributed by atoms with Crippen LogP contribution in [0.25, 0.3) is 0 Å². The molecule has 142 valence electrons. The molecule has 0 fully saturated rings. The number of nitrogens with two attached hydrogens (primary N) is 1. The second-order valence-corrected chi connectivity index (χ2v) is 8.29. The maximum absolute atomic E-state index is 12.4. The Morgan fingerprint density at radius 3 is 2.56 bits per heavy atom. The predicted octanol–water partition coefficient (Wildman–Crippen LogP) is 1.82. The van der Waals surface area contributed by atoms with Gasteiger partial charge < -0.3 is 20.1 Å². The third-order valence-electron chi connectivity index (χ3n) is 3.92. The SMILES string of the molecule is CN(CC(C)(C)CN)C(=O)CCS(=O)c1ccc2c(c1)OCCO2.Cl. The number of carbonyl (C=O) groups excluding carboxylic acids is 1. The number of amides is 1. The quantitative estimate of drug-likeness (QED) is 0.767. The minimum Gasteiger partial charge on any atom is -0.486 e. The Morgan fingerprint density at radius 1 is 1.28 bits per heavy atom. The molecule has 8 heteroatoms. The molecule has 1 amide bonds. The lowest BCUT2D eigenvalue weighted by atomic mass is 9.93. The molecule has 1 aromatic carbocycles. The van der Waals surface area contributed by atoms with E-state index in [1.807, 2.05) is 13.8 Å². The Labute approximate surface area is 157 Å². The van der Waals surface area contributed by atoms with E-state index in [0.717, 1.165) is 0 Å². The zero-order valence-corrected chi connectivity index (χ0v) is 16.6. The first-order valence-electron chi connectivity index (χ1n) is 8.04. The maximum Gasteiger partial charge on any atom is 0.223 e. The number of nitrogens with zero attached hydrogens (tertiary/aromatic N) is 1. The molecule has 1 aliphatic heterocycles. The summed E-state index contributed by atoms with van der Waals surface area (Å²) in [5, 5.41) is 0. The molecule has 0 aliphatic carbocycles. The van der Waals surface area contributed by atoms with Gasteiger partial charge in [-0.1, -0.05) is 13.8 Å². The minimum absolute atomic E-state index is 0. The van der Waals surface area contributed by atoms with Crippen LogP contribution in [0.3, 0.4) is 0 Å². The second-order valence-electron chi connectivity index (χ2n) is 6.72. The zero-order valence-electron chi connectivity index (χ0n) is 14.9. The van der Waals surface area contributed by atoms with Crippen molar-refractivity contribution in [2.75, 3.05) is 39.1 Å². The van der Waals surface area contributed by atoms with Crippen molar-refractivity contribution in [2.45, 2.75) is 25.2 Å². The molecule has 0 spiro atoms. The molecule has 1 aliphatic rings. The molecule has 0 aromatic heterocycles. The van der Waals surface area contributed by atoms with Gasteiger partial charge in [0.15, 0.2) is 11.5 Å². The van der Waals surface area contributed by atoms with Crippen LogP contribution in [0.4, 0.5) is 0 Å². The first-order chi connectivity index (χ1) is 11.3. The van der Waals surface area contributed by atoms with Crippen LogP contribution in [0.2, 0.25) is 0 Å². The highest BCUT2D eigenvalue weighted by Crippen LogP contribution is 2.31. The molecule has 6 nitrogen and oxygen atoms in total. The van der Waals surface area contributed by atoms with Gasteiger partial charge in [0.2, 0.25) is 5.91 Å². The van der Waals surface area contributed by atoms with Crippen LogP contribution in [0.15, 0.2) is 23.1 Å². The molecule has 2 N–H and O–H groups in total. The van der Waals surface area contributed by atoms with Crippen molar-refractivity contribution in [2.24, 2.45) is 11.1 Å². The van der Waals surface area contributed by atoms with Gasteiger partial charge in [0.05, 0.1) is 10.8 Å². The summed E-state index contributed by atoms with van der Waals surface area (Å²) in [7, 11) is 0.505. The van der Waals surface area contributed by atoms with Crippen molar-refractivity contribution in [1.29, 1.82) is 0 Å². The molecular formula is C17H27ClN2O4S. The molecule has 0 saturated heterocycles. The first-order valence-corrected chi connectivity index (χ1v) is 9.36. The standard InChI is InChI=1S/C17H26N2O4S.ClH/c1-17(2,11-18)12-19(3)16(20)6-9-24(21)13-4-5-14-15(10-13)23-8-7-22-14;/h4-5,10H,6-9,11-12,18H2,1-3H3;1H. The van der Waals surface area contributed by atoms with Crippen molar-refractivity contribution >= 4 is 29.1 Å². The normalized spacial score (nSPS) is 14.4. The fraction of sp³-hybridized carbons (Fsp3) is 0.588. The zero-order chi connectivity index (χ0) is 17.7. The van der Waals surface area contributed by atoms with E-state index in [1.54, 1.807) is 30.1 Å². The number of hydrogen-bond acceptors (Lipinski definition) is 5. The van der Waals surface area contributed by atoms with Gasteiger partial charge in [-0.3, -0.25) is 9.00 Å². The summed E-state index contributed by atoms with van der Waals surface area (Å²) in [6, 6.07) is 5.26. The van der Waals surface area contributed by atoms with Crippen molar-refractivity contribution in [3.63, 3.8) is 0 Å². The third-order valence-corrected chi connectivity index (χ3v) is 5.28. The highest BCUT2D eigenvalue weighted by molar-refractivity contribution is 7.85. The first kappa shape index (κ1) is 21.7. The van der Waals surface area contributed by atoms with Crippen LogP contribution in [0.1, 0.15) is 20.3 Å². The average Bonchev–Trinajstić information content (AvgIpc) is 2.58. The Balaban J connectivity index is 0.00000312. The molecule has 0 radical (unpaired) electrons. The van der Waals surface area contributed by atoms with Crippen molar-refractivity contribution in [1.82, 2.24) is 4.90 Å². The largest absolute Gasteiger partial charge is 0.486 e. The topological polar surface area (TPSA) is 81.9 Å². The Kier molecular flexibility index (Phi) is 8.18. The third kappa shape index (κ3) is 6.17. The summed E-state index contributed by atoms with van der Waals surface area (Å²) in [6.07, 6.45) is 0.234.